The number of hydrogen-bond donors (Lipinski definition) is 2. The average molecular weight is 240 g/mol. The van der Waals surface area contributed by atoms with Crippen molar-refractivity contribution in [1.82, 2.24) is 0 Å². The van der Waals surface area contributed by atoms with Gasteiger partial charge in [-0.25, -0.2) is 0 Å². The van der Waals surface area contributed by atoms with Crippen molar-refractivity contribution >= 4 is 5.91 Å². The second kappa shape index (κ2) is 4.63. The highest BCUT2D eigenvalue weighted by Gasteiger charge is 2.35. The second-order valence-corrected chi connectivity index (χ2v) is 4.40. The maximum atomic E-state index is 11.8. The molecule has 1 atom stereocenters. The van der Waals surface area contributed by atoms with Gasteiger partial charge < -0.3 is 11.5 Å². The number of amides is 1. The Morgan fingerprint density at radius 2 is 1.44 bits per heavy atom. The van der Waals surface area contributed by atoms with Gasteiger partial charge in [0.1, 0.15) is 5.54 Å². The fourth-order valence-corrected chi connectivity index (χ4v) is 1.97. The Labute approximate surface area is 106 Å². The zero-order valence-electron chi connectivity index (χ0n) is 10.3. The summed E-state index contributed by atoms with van der Waals surface area (Å²) in [5.74, 6) is -0.558. The maximum Gasteiger partial charge on any atom is 0.246 e. The van der Waals surface area contributed by atoms with E-state index < -0.39 is 11.4 Å². The first-order valence-electron chi connectivity index (χ1n) is 5.76. The van der Waals surface area contributed by atoms with Crippen LogP contribution in [0.25, 0.3) is 0 Å². The van der Waals surface area contributed by atoms with Crippen molar-refractivity contribution in [3.05, 3.63) is 71.3 Å². The fraction of sp³-hybridized carbons (Fsp3) is 0.133. The zero-order chi connectivity index (χ0) is 13.2. The standard InChI is InChI=1S/C15H16N2O/c1-11-7-9-13(10-8-11)15(17,14(16)18)12-5-3-2-4-6-12/h2-10H,17H2,1H3,(H2,16,18). The molecule has 0 aliphatic carbocycles. The number of nitrogens with two attached hydrogens (primary N) is 2. The molecule has 92 valence electrons. The number of hydrogen-bond acceptors (Lipinski definition) is 2. The van der Waals surface area contributed by atoms with Gasteiger partial charge in [0.25, 0.3) is 0 Å². The fourth-order valence-electron chi connectivity index (χ4n) is 1.97. The Balaban J connectivity index is 2.58. The number of rotatable bonds is 3. The molecule has 0 radical (unpaired) electrons. The molecule has 2 rings (SSSR count). The molecule has 0 aliphatic heterocycles. The normalized spacial score (nSPS) is 13.9. The molecular weight excluding hydrogens is 224 g/mol. The van der Waals surface area contributed by atoms with E-state index in [1.54, 1.807) is 0 Å². The molecule has 1 unspecified atom stereocenters. The Hall–Kier alpha value is -2.13. The van der Waals surface area contributed by atoms with Crippen molar-refractivity contribution in [2.45, 2.75) is 12.5 Å². The number of carbonyl (C=O) groups is 1. The molecule has 2 aromatic carbocycles. The van der Waals surface area contributed by atoms with Crippen LogP contribution in [0.1, 0.15) is 16.7 Å². The highest BCUT2D eigenvalue weighted by molar-refractivity contribution is 5.89. The van der Waals surface area contributed by atoms with Crippen LogP contribution in [-0.2, 0) is 10.3 Å². The van der Waals surface area contributed by atoms with E-state index in [1.165, 1.54) is 0 Å². The van der Waals surface area contributed by atoms with Gasteiger partial charge in [-0.1, -0.05) is 60.2 Å². The van der Waals surface area contributed by atoms with Gasteiger partial charge in [-0.15, -0.1) is 0 Å². The summed E-state index contributed by atoms with van der Waals surface area (Å²) in [6, 6.07) is 16.7. The summed E-state index contributed by atoms with van der Waals surface area (Å²) in [5, 5.41) is 0. The van der Waals surface area contributed by atoms with Crippen LogP contribution < -0.4 is 11.5 Å². The first-order chi connectivity index (χ1) is 8.55. The molecule has 0 heterocycles. The molecule has 0 aromatic heterocycles. The van der Waals surface area contributed by atoms with Crippen LogP contribution in [0.5, 0.6) is 0 Å². The maximum absolute atomic E-state index is 11.8. The molecule has 0 fully saturated rings. The number of primary amides is 1. The van der Waals surface area contributed by atoms with Gasteiger partial charge in [-0.05, 0) is 18.1 Å². The lowest BCUT2D eigenvalue weighted by atomic mass is 9.83. The largest absolute Gasteiger partial charge is 0.367 e. The zero-order valence-corrected chi connectivity index (χ0v) is 10.3. The molecule has 3 nitrogen and oxygen atoms in total. The summed E-state index contributed by atoms with van der Waals surface area (Å²) >= 11 is 0. The monoisotopic (exact) mass is 240 g/mol. The molecule has 0 bridgehead atoms. The van der Waals surface area contributed by atoms with Crippen molar-refractivity contribution in [3.63, 3.8) is 0 Å². The van der Waals surface area contributed by atoms with Gasteiger partial charge in [-0.2, -0.15) is 0 Å². The van der Waals surface area contributed by atoms with Crippen LogP contribution in [-0.4, -0.2) is 5.91 Å². The van der Waals surface area contributed by atoms with Crippen molar-refractivity contribution in [2.75, 3.05) is 0 Å². The van der Waals surface area contributed by atoms with Gasteiger partial charge in [0.15, 0.2) is 0 Å². The summed E-state index contributed by atoms with van der Waals surface area (Å²) in [4.78, 5) is 11.8. The minimum absolute atomic E-state index is 0.558. The van der Waals surface area contributed by atoms with Crippen LogP contribution in [0, 0.1) is 6.92 Å². The van der Waals surface area contributed by atoms with E-state index in [2.05, 4.69) is 0 Å². The van der Waals surface area contributed by atoms with Crippen LogP contribution in [0.2, 0.25) is 0 Å². The Kier molecular flexibility index (Phi) is 3.17. The average Bonchev–Trinajstić information content (AvgIpc) is 2.39. The highest BCUT2D eigenvalue weighted by Crippen LogP contribution is 2.26. The second-order valence-electron chi connectivity index (χ2n) is 4.40. The predicted molar refractivity (Wildman–Crippen MR) is 71.8 cm³/mol. The third-order valence-corrected chi connectivity index (χ3v) is 3.12. The Morgan fingerprint density at radius 1 is 0.944 bits per heavy atom. The number of benzene rings is 2. The van der Waals surface area contributed by atoms with E-state index in [1.807, 2.05) is 61.5 Å². The van der Waals surface area contributed by atoms with Gasteiger partial charge in [0, 0.05) is 0 Å². The minimum Gasteiger partial charge on any atom is -0.367 e. The number of aryl methyl sites for hydroxylation is 1. The lowest BCUT2D eigenvalue weighted by molar-refractivity contribution is -0.122. The summed E-state index contributed by atoms with van der Waals surface area (Å²) in [5.41, 5.74) is 13.0. The third kappa shape index (κ3) is 2.00. The molecule has 0 spiro atoms. The van der Waals surface area contributed by atoms with Crippen molar-refractivity contribution in [3.8, 4) is 0 Å². The smallest absolute Gasteiger partial charge is 0.246 e. The summed E-state index contributed by atoms with van der Waals surface area (Å²) < 4.78 is 0. The van der Waals surface area contributed by atoms with Gasteiger partial charge in [0.05, 0.1) is 0 Å². The van der Waals surface area contributed by atoms with Crippen LogP contribution >= 0.6 is 0 Å². The molecule has 0 saturated carbocycles. The topological polar surface area (TPSA) is 69.1 Å². The van der Waals surface area contributed by atoms with Gasteiger partial charge in [0.2, 0.25) is 5.91 Å². The first kappa shape index (κ1) is 12.3. The van der Waals surface area contributed by atoms with E-state index in [0.29, 0.717) is 11.1 Å². The van der Waals surface area contributed by atoms with Crippen LogP contribution in [0.15, 0.2) is 54.6 Å². The lowest BCUT2D eigenvalue weighted by Gasteiger charge is -2.27. The molecule has 0 saturated heterocycles. The third-order valence-electron chi connectivity index (χ3n) is 3.12. The molecule has 0 aliphatic rings. The van der Waals surface area contributed by atoms with Gasteiger partial charge >= 0.3 is 0 Å². The van der Waals surface area contributed by atoms with E-state index in [9.17, 15) is 4.79 Å². The molecule has 4 N–H and O–H groups in total. The molecular formula is C15H16N2O. The number of carbonyl (C=O) groups excluding carboxylic acids is 1. The highest BCUT2D eigenvalue weighted by atomic mass is 16.1. The van der Waals surface area contributed by atoms with Crippen LogP contribution in [0.3, 0.4) is 0 Å². The minimum atomic E-state index is -1.28. The molecule has 2 aromatic rings. The predicted octanol–water partition coefficient (Wildman–Crippen LogP) is 1.68. The van der Waals surface area contributed by atoms with Crippen molar-refractivity contribution < 1.29 is 4.79 Å². The van der Waals surface area contributed by atoms with E-state index in [0.717, 1.165) is 5.56 Å². The summed E-state index contributed by atoms with van der Waals surface area (Å²) in [6.45, 7) is 1.98. The van der Waals surface area contributed by atoms with Crippen LogP contribution in [0.4, 0.5) is 0 Å². The van der Waals surface area contributed by atoms with E-state index in [4.69, 9.17) is 11.5 Å². The molecule has 1 amide bonds. The molecule has 18 heavy (non-hydrogen) atoms. The Bertz CT molecular complexity index is 548. The van der Waals surface area contributed by atoms with Gasteiger partial charge in [-0.3, -0.25) is 4.79 Å². The first-order valence-corrected chi connectivity index (χ1v) is 5.76. The van der Waals surface area contributed by atoms with Crippen molar-refractivity contribution in [1.29, 1.82) is 0 Å². The Morgan fingerprint density at radius 3 is 1.94 bits per heavy atom. The van der Waals surface area contributed by atoms with Crippen molar-refractivity contribution in [2.24, 2.45) is 11.5 Å². The quantitative estimate of drug-likeness (QED) is 0.857. The van der Waals surface area contributed by atoms with E-state index in [-0.39, 0.29) is 0 Å². The van der Waals surface area contributed by atoms with E-state index >= 15 is 0 Å². The SMILES string of the molecule is Cc1ccc(C(N)(C(N)=O)c2ccccc2)cc1. The summed E-state index contributed by atoms with van der Waals surface area (Å²) in [7, 11) is 0. The summed E-state index contributed by atoms with van der Waals surface area (Å²) in [6.07, 6.45) is 0. The lowest BCUT2D eigenvalue weighted by Crippen LogP contribution is -2.50. The molecule has 3 heteroatoms.